The van der Waals surface area contributed by atoms with E-state index in [4.69, 9.17) is 9.47 Å². The first-order valence-electron chi connectivity index (χ1n) is 10.9. The molecule has 3 N–H and O–H groups in total. The summed E-state index contributed by atoms with van der Waals surface area (Å²) in [4.78, 5) is 13.6. The van der Waals surface area contributed by atoms with E-state index in [2.05, 4.69) is 17.6 Å². The van der Waals surface area contributed by atoms with Crippen molar-refractivity contribution in [2.75, 3.05) is 27.3 Å². The van der Waals surface area contributed by atoms with Gasteiger partial charge in [0.25, 0.3) is 0 Å². The Bertz CT molecular complexity index is 906. The van der Waals surface area contributed by atoms with E-state index < -0.39 is 0 Å². The number of ether oxygens (including phenoxy) is 2. The van der Waals surface area contributed by atoms with Gasteiger partial charge in [0.1, 0.15) is 18.4 Å². The van der Waals surface area contributed by atoms with Gasteiger partial charge in [0.15, 0.2) is 11.5 Å². The molecule has 1 aliphatic rings. The van der Waals surface area contributed by atoms with Crippen molar-refractivity contribution < 1.29 is 23.6 Å². The molecule has 2 aromatic carbocycles. The quantitative estimate of drug-likeness (QED) is 0.603. The molecule has 0 saturated carbocycles. The van der Waals surface area contributed by atoms with Crippen LogP contribution in [0.5, 0.6) is 11.5 Å². The van der Waals surface area contributed by atoms with Crippen molar-refractivity contribution in [1.29, 1.82) is 0 Å². The Morgan fingerprint density at radius 2 is 1.90 bits per heavy atom. The SMILES string of the molecule is CCNC(=O)N[C@@H](CC)[C@@H]1c2cc(OC)c(OC)cc2CC[NH+]1Cc1ccccc1F. The largest absolute Gasteiger partial charge is 0.493 e. The number of hydrogen-bond acceptors (Lipinski definition) is 3. The summed E-state index contributed by atoms with van der Waals surface area (Å²) in [5.74, 6) is 1.16. The molecule has 2 aromatic rings. The number of halogens is 1. The lowest BCUT2D eigenvalue weighted by Gasteiger charge is -2.39. The van der Waals surface area contributed by atoms with Gasteiger partial charge in [0.05, 0.1) is 26.8 Å². The number of quaternary nitrogens is 1. The molecule has 1 aliphatic heterocycles. The van der Waals surface area contributed by atoms with Gasteiger partial charge in [-0.25, -0.2) is 9.18 Å². The Labute approximate surface area is 183 Å². The molecule has 2 amide bonds. The summed E-state index contributed by atoms with van der Waals surface area (Å²) >= 11 is 0. The molecule has 0 aromatic heterocycles. The molecule has 3 rings (SSSR count). The van der Waals surface area contributed by atoms with Crippen molar-refractivity contribution in [2.45, 2.75) is 45.3 Å². The standard InChI is InChI=1S/C24H32FN3O3/c1-5-20(27-24(29)26-6-2)23-18-14-22(31-4)21(30-3)13-16(18)11-12-28(23)15-17-9-7-8-10-19(17)25/h7-10,13-14,20,23H,5-6,11-12,15H2,1-4H3,(H2,26,27,29)/p+1/t20-,23-/m0/s1. The van der Waals surface area contributed by atoms with Gasteiger partial charge in [-0.3, -0.25) is 0 Å². The van der Waals surface area contributed by atoms with Crippen molar-refractivity contribution in [3.05, 3.63) is 58.9 Å². The summed E-state index contributed by atoms with van der Waals surface area (Å²) in [6, 6.07) is 10.6. The minimum absolute atomic E-state index is 0.0456. The highest BCUT2D eigenvalue weighted by atomic mass is 19.1. The molecule has 0 spiro atoms. The summed E-state index contributed by atoms with van der Waals surface area (Å²) in [7, 11) is 3.25. The first kappa shape index (κ1) is 22.9. The molecular weight excluding hydrogens is 397 g/mol. The average molecular weight is 431 g/mol. The fourth-order valence-electron chi connectivity index (χ4n) is 4.50. The third-order valence-electron chi connectivity index (χ3n) is 6.01. The van der Waals surface area contributed by atoms with Crippen LogP contribution in [0, 0.1) is 5.82 Å². The summed E-state index contributed by atoms with van der Waals surface area (Å²) < 4.78 is 25.5. The van der Waals surface area contributed by atoms with E-state index >= 15 is 0 Å². The van der Waals surface area contributed by atoms with Gasteiger partial charge in [0, 0.05) is 24.1 Å². The Hall–Kier alpha value is -2.80. The molecule has 0 bridgehead atoms. The van der Waals surface area contributed by atoms with Crippen molar-refractivity contribution in [2.24, 2.45) is 0 Å². The van der Waals surface area contributed by atoms with E-state index in [0.717, 1.165) is 24.9 Å². The van der Waals surface area contributed by atoms with E-state index in [1.165, 1.54) is 16.5 Å². The summed E-state index contributed by atoms with van der Waals surface area (Å²) in [6.45, 7) is 5.88. The molecule has 0 aliphatic carbocycles. The smallest absolute Gasteiger partial charge is 0.315 e. The molecule has 31 heavy (non-hydrogen) atoms. The van der Waals surface area contributed by atoms with Crippen LogP contribution in [0.1, 0.15) is 43.0 Å². The fraction of sp³-hybridized carbons (Fsp3) is 0.458. The van der Waals surface area contributed by atoms with Crippen LogP contribution >= 0.6 is 0 Å². The Morgan fingerprint density at radius 1 is 1.19 bits per heavy atom. The zero-order chi connectivity index (χ0) is 22.4. The van der Waals surface area contributed by atoms with Gasteiger partial charge in [-0.15, -0.1) is 0 Å². The predicted octanol–water partition coefficient (Wildman–Crippen LogP) is 2.62. The number of fused-ring (bicyclic) bond motifs is 1. The zero-order valence-corrected chi connectivity index (χ0v) is 18.8. The minimum atomic E-state index is -0.198. The van der Waals surface area contributed by atoms with Crippen molar-refractivity contribution >= 4 is 6.03 Å². The molecule has 1 unspecified atom stereocenters. The fourth-order valence-corrected chi connectivity index (χ4v) is 4.50. The molecule has 7 heteroatoms. The highest BCUT2D eigenvalue weighted by Crippen LogP contribution is 2.35. The number of urea groups is 1. The number of amides is 2. The van der Waals surface area contributed by atoms with Crippen LogP contribution in [-0.2, 0) is 13.0 Å². The third-order valence-corrected chi connectivity index (χ3v) is 6.01. The molecule has 168 valence electrons. The number of rotatable bonds is 8. The van der Waals surface area contributed by atoms with Crippen molar-refractivity contribution in [3.8, 4) is 11.5 Å². The average Bonchev–Trinajstić information content (AvgIpc) is 2.78. The van der Waals surface area contributed by atoms with E-state index in [1.807, 2.05) is 31.2 Å². The maximum absolute atomic E-state index is 14.4. The maximum Gasteiger partial charge on any atom is 0.315 e. The third kappa shape index (κ3) is 5.10. The van der Waals surface area contributed by atoms with Gasteiger partial charge in [-0.1, -0.05) is 25.1 Å². The topological polar surface area (TPSA) is 64.0 Å². The van der Waals surface area contributed by atoms with Crippen LogP contribution in [0.25, 0.3) is 0 Å². The molecule has 1 heterocycles. The van der Waals surface area contributed by atoms with Crippen molar-refractivity contribution in [3.63, 3.8) is 0 Å². The van der Waals surface area contributed by atoms with E-state index in [0.29, 0.717) is 30.2 Å². The van der Waals surface area contributed by atoms with E-state index in [-0.39, 0.29) is 23.9 Å². The second-order valence-corrected chi connectivity index (χ2v) is 7.83. The van der Waals surface area contributed by atoms with Gasteiger partial charge >= 0.3 is 6.03 Å². The van der Waals surface area contributed by atoms with Gasteiger partial charge in [-0.05, 0) is 37.1 Å². The first-order chi connectivity index (χ1) is 15.0. The molecular formula is C24H33FN3O3+. The van der Waals surface area contributed by atoms with Crippen LogP contribution in [0.4, 0.5) is 9.18 Å². The summed E-state index contributed by atoms with van der Waals surface area (Å²) in [5, 5.41) is 5.96. The molecule has 3 atom stereocenters. The highest BCUT2D eigenvalue weighted by molar-refractivity contribution is 5.74. The Kier molecular flexibility index (Phi) is 7.74. The second kappa shape index (κ2) is 10.5. The number of methoxy groups -OCH3 is 2. The highest BCUT2D eigenvalue weighted by Gasteiger charge is 2.38. The maximum atomic E-state index is 14.4. The van der Waals surface area contributed by atoms with Crippen LogP contribution in [0.2, 0.25) is 0 Å². The Morgan fingerprint density at radius 3 is 2.55 bits per heavy atom. The molecule has 6 nitrogen and oxygen atoms in total. The van der Waals surface area contributed by atoms with Crippen molar-refractivity contribution in [1.82, 2.24) is 10.6 Å². The summed E-state index contributed by atoms with van der Waals surface area (Å²) in [6.07, 6.45) is 1.59. The lowest BCUT2D eigenvalue weighted by Crippen LogP contribution is -3.13. The first-order valence-corrected chi connectivity index (χ1v) is 10.9. The van der Waals surface area contributed by atoms with Gasteiger partial charge in [0.2, 0.25) is 0 Å². The Balaban J connectivity index is 2.03. The molecule has 0 saturated heterocycles. The number of hydrogen-bond donors (Lipinski definition) is 3. The van der Waals surface area contributed by atoms with Gasteiger partial charge < -0.3 is 25.0 Å². The zero-order valence-electron chi connectivity index (χ0n) is 18.8. The van der Waals surface area contributed by atoms with Crippen LogP contribution in [0.3, 0.4) is 0 Å². The second-order valence-electron chi connectivity index (χ2n) is 7.83. The predicted molar refractivity (Wildman–Crippen MR) is 118 cm³/mol. The normalized spacial score (nSPS) is 18.6. The number of carbonyl (C=O) groups is 1. The monoisotopic (exact) mass is 430 g/mol. The van der Waals surface area contributed by atoms with Gasteiger partial charge in [-0.2, -0.15) is 0 Å². The molecule has 0 fully saturated rings. The molecule has 0 radical (unpaired) electrons. The van der Waals surface area contributed by atoms with Crippen LogP contribution in [-0.4, -0.2) is 39.4 Å². The number of carbonyl (C=O) groups excluding carboxylic acids is 1. The lowest BCUT2D eigenvalue weighted by atomic mass is 9.86. The van der Waals surface area contributed by atoms with E-state index in [1.54, 1.807) is 20.3 Å². The lowest BCUT2D eigenvalue weighted by molar-refractivity contribution is -0.948. The van der Waals surface area contributed by atoms with Crippen LogP contribution in [0.15, 0.2) is 36.4 Å². The van der Waals surface area contributed by atoms with Crippen LogP contribution < -0.4 is 25.0 Å². The van der Waals surface area contributed by atoms with E-state index in [9.17, 15) is 9.18 Å². The minimum Gasteiger partial charge on any atom is -0.493 e. The number of benzene rings is 2. The summed E-state index contributed by atoms with van der Waals surface area (Å²) in [5.41, 5.74) is 2.97. The number of nitrogens with one attached hydrogen (secondary N) is 3.